The number of alkyl halides is 3. The lowest BCUT2D eigenvalue weighted by Crippen LogP contribution is -2.56. The van der Waals surface area contributed by atoms with Gasteiger partial charge in [-0.2, -0.15) is 0 Å². The van der Waals surface area contributed by atoms with Crippen molar-refractivity contribution in [3.05, 3.63) is 102 Å². The van der Waals surface area contributed by atoms with Crippen molar-refractivity contribution in [2.75, 3.05) is 19.6 Å². The Kier molecular flexibility index (Phi) is 17.2. The average molecular weight is 841 g/mol. The van der Waals surface area contributed by atoms with Crippen LogP contribution in [0.4, 0.5) is 22.8 Å². The molecule has 0 aliphatic carbocycles. The second-order valence-corrected chi connectivity index (χ2v) is 16.5. The molecule has 0 saturated carbocycles. The van der Waals surface area contributed by atoms with Gasteiger partial charge >= 0.3 is 18.5 Å². The first-order chi connectivity index (χ1) is 28.3. The number of likely N-dealkylation sites (tertiary alicyclic amines) is 1. The van der Waals surface area contributed by atoms with E-state index in [-0.39, 0.29) is 43.7 Å². The van der Waals surface area contributed by atoms with Crippen LogP contribution in [0, 0.1) is 11.8 Å². The molecule has 1 aliphatic heterocycles. The first kappa shape index (κ1) is 47.4. The summed E-state index contributed by atoms with van der Waals surface area (Å²) < 4.78 is 53.8. The zero-order chi connectivity index (χ0) is 44.0. The van der Waals surface area contributed by atoms with Crippen molar-refractivity contribution in [2.24, 2.45) is 11.8 Å². The molecule has 1 fully saturated rings. The lowest BCUT2D eigenvalue weighted by atomic mass is 9.88. The predicted octanol–water partition coefficient (Wildman–Crippen LogP) is 7.42. The fraction of sp³-hybridized carbons (Fsp3) is 0.511. The summed E-state index contributed by atoms with van der Waals surface area (Å²) in [4.78, 5) is 57.8. The summed E-state index contributed by atoms with van der Waals surface area (Å²) in [7, 11) is 0. The maximum absolute atomic E-state index is 14.3. The molecule has 1 aliphatic rings. The Morgan fingerprint density at radius 1 is 0.833 bits per heavy atom. The molecule has 1 heterocycles. The second-order valence-electron chi connectivity index (χ2n) is 16.5. The Bertz CT molecular complexity index is 1820. The number of piperidine rings is 1. The van der Waals surface area contributed by atoms with Gasteiger partial charge in [0.25, 0.3) is 0 Å². The Hall–Kier alpha value is -5.31. The van der Waals surface area contributed by atoms with Crippen LogP contribution >= 0.6 is 0 Å². The molecule has 328 valence electrons. The van der Waals surface area contributed by atoms with Gasteiger partial charge in [-0.25, -0.2) is 9.59 Å². The lowest BCUT2D eigenvalue weighted by molar-refractivity contribution is -0.274. The molecule has 1 saturated heterocycles. The van der Waals surface area contributed by atoms with E-state index in [1.54, 1.807) is 44.4 Å². The first-order valence-corrected chi connectivity index (χ1v) is 20.4. The number of aliphatic hydroxyl groups is 1. The van der Waals surface area contributed by atoms with Crippen LogP contribution in [0.25, 0.3) is 0 Å². The van der Waals surface area contributed by atoms with Crippen molar-refractivity contribution in [3.63, 3.8) is 0 Å². The summed E-state index contributed by atoms with van der Waals surface area (Å²) in [5.41, 5.74) is 1.33. The van der Waals surface area contributed by atoms with Crippen LogP contribution in [0.3, 0.4) is 0 Å². The molecule has 12 nitrogen and oxygen atoms in total. The van der Waals surface area contributed by atoms with Crippen LogP contribution in [0.15, 0.2) is 84.9 Å². The van der Waals surface area contributed by atoms with Gasteiger partial charge in [0.05, 0.1) is 12.1 Å². The highest BCUT2D eigenvalue weighted by Gasteiger charge is 2.37. The van der Waals surface area contributed by atoms with Gasteiger partial charge in [0.2, 0.25) is 11.8 Å². The van der Waals surface area contributed by atoms with Gasteiger partial charge in [0.15, 0.2) is 0 Å². The topological polar surface area (TPSA) is 147 Å². The molecule has 0 spiro atoms. The van der Waals surface area contributed by atoms with E-state index in [0.29, 0.717) is 38.0 Å². The monoisotopic (exact) mass is 840 g/mol. The summed E-state index contributed by atoms with van der Waals surface area (Å²) in [6.07, 6.45) is -6.36. The van der Waals surface area contributed by atoms with Crippen molar-refractivity contribution in [1.29, 1.82) is 0 Å². The third kappa shape index (κ3) is 15.4. The van der Waals surface area contributed by atoms with Gasteiger partial charge in [-0.1, -0.05) is 86.6 Å². The van der Waals surface area contributed by atoms with Gasteiger partial charge < -0.3 is 39.8 Å². The average Bonchev–Trinajstić information content (AvgIpc) is 3.19. The number of ether oxygens (including phenoxy) is 3. The molecule has 4 atom stereocenters. The smallest absolute Gasteiger partial charge is 0.445 e. The third-order valence-corrected chi connectivity index (χ3v) is 10.2. The maximum Gasteiger partial charge on any atom is 0.573 e. The van der Waals surface area contributed by atoms with Gasteiger partial charge in [-0.05, 0) is 94.5 Å². The van der Waals surface area contributed by atoms with Crippen molar-refractivity contribution < 1.29 is 51.7 Å². The highest BCUT2D eigenvalue weighted by Crippen LogP contribution is 2.26. The van der Waals surface area contributed by atoms with Gasteiger partial charge in [0, 0.05) is 31.6 Å². The molecule has 0 unspecified atom stereocenters. The van der Waals surface area contributed by atoms with E-state index in [9.17, 15) is 37.5 Å². The second kappa shape index (κ2) is 21.8. The number of hydrogen-bond donors (Lipinski definition) is 3. The highest BCUT2D eigenvalue weighted by molar-refractivity contribution is 5.89. The zero-order valence-electron chi connectivity index (χ0n) is 35.2. The molecule has 15 heteroatoms. The molecular formula is C45H59F3N4O8. The summed E-state index contributed by atoms with van der Waals surface area (Å²) in [6, 6.07) is 21.6. The number of alkyl carbamates (subject to hydrolysis) is 1. The molecule has 0 aromatic heterocycles. The van der Waals surface area contributed by atoms with E-state index in [1.807, 2.05) is 67.6 Å². The molecule has 0 radical (unpaired) electrons. The van der Waals surface area contributed by atoms with Crippen LogP contribution in [0.1, 0.15) is 77.5 Å². The highest BCUT2D eigenvalue weighted by atomic mass is 19.4. The van der Waals surface area contributed by atoms with Crippen LogP contribution in [-0.2, 0) is 38.5 Å². The van der Waals surface area contributed by atoms with Crippen molar-refractivity contribution in [3.8, 4) is 5.75 Å². The number of nitrogens with zero attached hydrogens (tertiary/aromatic N) is 2. The number of carbonyl (C=O) groups is 4. The summed E-state index contributed by atoms with van der Waals surface area (Å²) >= 11 is 0. The van der Waals surface area contributed by atoms with E-state index in [0.717, 1.165) is 23.3 Å². The van der Waals surface area contributed by atoms with Crippen molar-refractivity contribution in [1.82, 2.24) is 20.4 Å². The fourth-order valence-electron chi connectivity index (χ4n) is 7.18. The summed E-state index contributed by atoms with van der Waals surface area (Å²) in [6.45, 7) is 11.9. The fourth-order valence-corrected chi connectivity index (χ4v) is 7.18. The number of nitrogens with one attached hydrogen (secondary N) is 2. The van der Waals surface area contributed by atoms with E-state index >= 15 is 0 Å². The van der Waals surface area contributed by atoms with E-state index in [2.05, 4.69) is 15.4 Å². The molecule has 60 heavy (non-hydrogen) atoms. The third-order valence-electron chi connectivity index (χ3n) is 10.2. The van der Waals surface area contributed by atoms with E-state index in [1.165, 1.54) is 12.1 Å². The quantitative estimate of drug-likeness (QED) is 0.127. The Labute approximate surface area is 350 Å². The number of rotatable bonds is 17. The van der Waals surface area contributed by atoms with Crippen LogP contribution < -0.4 is 15.4 Å². The number of hydrogen-bond acceptors (Lipinski definition) is 8. The van der Waals surface area contributed by atoms with Crippen LogP contribution in [-0.4, -0.2) is 94.7 Å². The number of benzene rings is 3. The molecule has 4 rings (SSSR count). The first-order valence-electron chi connectivity index (χ1n) is 20.4. The normalized spacial score (nSPS) is 15.6. The zero-order valence-corrected chi connectivity index (χ0v) is 35.2. The molecular weight excluding hydrogens is 782 g/mol. The van der Waals surface area contributed by atoms with Gasteiger partial charge in [-0.15, -0.1) is 13.2 Å². The predicted molar refractivity (Wildman–Crippen MR) is 220 cm³/mol. The van der Waals surface area contributed by atoms with Crippen LogP contribution in [0.5, 0.6) is 5.75 Å². The standard InChI is InChI=1S/C45H59F3N4O8/c1-7-52(43(57)58-29-33-16-12-9-13-17-33)35-22-24-51(25-23-35)41(55)39(30(2)3)50-40(54)34(26-32-18-20-36(21-19-32)59-45(46,47)48)28-38(53)37(27-31-14-10-8-11-15-31)49-42(56)60-44(4,5)6/h8-21,30,34-35,37-39,53H,7,22-29H2,1-6H3,(H,49,56)(H,50,54)/t34-,37+,38+,39+/m1/s1. The summed E-state index contributed by atoms with van der Waals surface area (Å²) in [5.74, 6) is -2.62. The largest absolute Gasteiger partial charge is 0.573 e. The molecule has 4 amide bonds. The lowest BCUT2D eigenvalue weighted by Gasteiger charge is -2.39. The minimum atomic E-state index is -4.89. The number of carbonyl (C=O) groups excluding carboxylic acids is 4. The minimum absolute atomic E-state index is 0.0166. The Balaban J connectivity index is 1.50. The Morgan fingerprint density at radius 3 is 1.93 bits per heavy atom. The van der Waals surface area contributed by atoms with Crippen molar-refractivity contribution in [2.45, 2.75) is 116 Å². The molecule has 3 aromatic carbocycles. The van der Waals surface area contributed by atoms with E-state index < -0.39 is 59.9 Å². The van der Waals surface area contributed by atoms with Gasteiger partial charge in [0.1, 0.15) is 24.0 Å². The Morgan fingerprint density at radius 2 is 1.40 bits per heavy atom. The van der Waals surface area contributed by atoms with Crippen molar-refractivity contribution >= 4 is 24.0 Å². The maximum atomic E-state index is 14.3. The minimum Gasteiger partial charge on any atom is -0.445 e. The molecule has 3 aromatic rings. The molecule has 0 bridgehead atoms. The SMILES string of the molecule is CCN(C(=O)OCc1ccccc1)C1CCN(C(=O)[C@@H](NC(=O)[C@H](Cc2ccc(OC(F)(F)F)cc2)C[C@H](O)[C@H](Cc2ccccc2)NC(=O)OC(C)(C)C)C(C)C)CC1. The number of amides is 4. The number of halogens is 3. The van der Waals surface area contributed by atoms with E-state index in [4.69, 9.17) is 9.47 Å². The molecule has 3 N–H and O–H groups in total. The van der Waals surface area contributed by atoms with Gasteiger partial charge in [-0.3, -0.25) is 9.59 Å². The number of aliphatic hydroxyl groups excluding tert-OH is 1. The van der Waals surface area contributed by atoms with Crippen LogP contribution in [0.2, 0.25) is 0 Å². The summed E-state index contributed by atoms with van der Waals surface area (Å²) in [5, 5.41) is 17.4.